The highest BCUT2D eigenvalue weighted by atomic mass is 79.9. The smallest absolute Gasteiger partial charge is 0.294 e. The van der Waals surface area contributed by atoms with E-state index in [1.54, 1.807) is 0 Å². The second kappa shape index (κ2) is 6.46. The van der Waals surface area contributed by atoms with Gasteiger partial charge in [-0.3, -0.25) is 4.79 Å². The van der Waals surface area contributed by atoms with E-state index in [2.05, 4.69) is 38.0 Å². The number of nitrogens with one attached hydrogen (secondary N) is 1. The number of halogens is 1. The summed E-state index contributed by atoms with van der Waals surface area (Å²) in [7, 11) is 0. The van der Waals surface area contributed by atoms with Crippen LogP contribution in [0.1, 0.15) is 23.9 Å². The Balaban J connectivity index is 1.70. The standard InChI is InChI=1S/C19H16BrN3O2/c20-12-7-9-15-13(10-12)16-17(25-15)19(24)23-18(22-16)14(21)8-6-11-4-2-1-3-5-11/h1-5,7,9-10,14H,6,8,21H2,(H,22,23,24)/t14-/m0/s1. The van der Waals surface area contributed by atoms with Gasteiger partial charge in [0.1, 0.15) is 16.9 Å². The lowest BCUT2D eigenvalue weighted by Crippen LogP contribution is -2.20. The van der Waals surface area contributed by atoms with E-state index >= 15 is 0 Å². The fraction of sp³-hybridized carbons (Fsp3) is 0.158. The highest BCUT2D eigenvalue weighted by Gasteiger charge is 2.16. The second-order valence-electron chi connectivity index (χ2n) is 6.00. The van der Waals surface area contributed by atoms with E-state index in [1.165, 1.54) is 5.56 Å². The molecular weight excluding hydrogens is 382 g/mol. The number of nitrogens with zero attached hydrogens (tertiary/aromatic N) is 1. The summed E-state index contributed by atoms with van der Waals surface area (Å²) in [5, 5.41) is 0.798. The van der Waals surface area contributed by atoms with Gasteiger partial charge in [-0.1, -0.05) is 46.3 Å². The molecule has 0 aliphatic carbocycles. The zero-order chi connectivity index (χ0) is 17.4. The number of fused-ring (bicyclic) bond motifs is 3. The average Bonchev–Trinajstić information content (AvgIpc) is 2.99. The Labute approximate surface area is 152 Å². The lowest BCUT2D eigenvalue weighted by atomic mass is 10.1. The zero-order valence-electron chi connectivity index (χ0n) is 13.3. The molecule has 2 aromatic carbocycles. The van der Waals surface area contributed by atoms with Gasteiger partial charge >= 0.3 is 0 Å². The Morgan fingerprint density at radius 2 is 2.00 bits per heavy atom. The predicted molar refractivity (Wildman–Crippen MR) is 102 cm³/mol. The van der Waals surface area contributed by atoms with Crippen LogP contribution in [0.4, 0.5) is 0 Å². The van der Waals surface area contributed by atoms with Gasteiger partial charge in [-0.25, -0.2) is 4.98 Å². The number of H-pyrrole nitrogens is 1. The number of nitrogens with two attached hydrogens (primary N) is 1. The van der Waals surface area contributed by atoms with Crippen molar-refractivity contribution in [1.29, 1.82) is 0 Å². The average molecular weight is 398 g/mol. The Kier molecular flexibility index (Phi) is 4.15. The molecular formula is C19H16BrN3O2. The predicted octanol–water partition coefficient (Wildman–Crippen LogP) is 4.06. The number of furan rings is 1. The number of hydrogen-bond donors (Lipinski definition) is 2. The highest BCUT2D eigenvalue weighted by Crippen LogP contribution is 2.28. The molecule has 4 rings (SSSR count). The van der Waals surface area contributed by atoms with Crippen molar-refractivity contribution in [3.05, 3.63) is 74.7 Å². The Hall–Kier alpha value is -2.44. The molecule has 0 saturated carbocycles. The molecule has 0 amide bonds. The third-order valence-corrected chi connectivity index (χ3v) is 4.74. The summed E-state index contributed by atoms with van der Waals surface area (Å²) >= 11 is 3.44. The molecule has 2 aromatic heterocycles. The molecule has 3 N–H and O–H groups in total. The monoisotopic (exact) mass is 397 g/mol. The van der Waals surface area contributed by atoms with Gasteiger partial charge in [0.25, 0.3) is 5.56 Å². The Morgan fingerprint density at radius 3 is 2.80 bits per heavy atom. The topological polar surface area (TPSA) is 84.9 Å². The van der Waals surface area contributed by atoms with Crippen LogP contribution in [0.2, 0.25) is 0 Å². The van der Waals surface area contributed by atoms with Gasteiger partial charge in [-0.2, -0.15) is 0 Å². The molecule has 2 heterocycles. The third kappa shape index (κ3) is 3.10. The van der Waals surface area contributed by atoms with Crippen molar-refractivity contribution < 1.29 is 4.42 Å². The molecule has 6 heteroatoms. The molecule has 0 radical (unpaired) electrons. The van der Waals surface area contributed by atoms with Gasteiger partial charge in [-0.05, 0) is 36.6 Å². The summed E-state index contributed by atoms with van der Waals surface area (Å²) in [6.45, 7) is 0. The van der Waals surface area contributed by atoms with E-state index in [0.29, 0.717) is 23.3 Å². The molecule has 0 fully saturated rings. The van der Waals surface area contributed by atoms with Crippen molar-refractivity contribution in [1.82, 2.24) is 9.97 Å². The van der Waals surface area contributed by atoms with E-state index < -0.39 is 0 Å². The maximum absolute atomic E-state index is 12.4. The summed E-state index contributed by atoms with van der Waals surface area (Å²) in [5.74, 6) is 0.483. The number of hydrogen-bond acceptors (Lipinski definition) is 4. The SMILES string of the molecule is N[C@@H](CCc1ccccc1)c1nc2c(oc3ccc(Br)cc32)c(=O)[nH]1. The van der Waals surface area contributed by atoms with Crippen LogP contribution in [0.3, 0.4) is 0 Å². The fourth-order valence-corrected chi connectivity index (χ4v) is 3.28. The van der Waals surface area contributed by atoms with Crippen molar-refractivity contribution in [3.63, 3.8) is 0 Å². The number of aryl methyl sites for hydroxylation is 1. The fourth-order valence-electron chi connectivity index (χ4n) is 2.92. The first kappa shape index (κ1) is 16.1. The summed E-state index contributed by atoms with van der Waals surface area (Å²) < 4.78 is 6.54. The summed E-state index contributed by atoms with van der Waals surface area (Å²) in [4.78, 5) is 19.7. The van der Waals surface area contributed by atoms with Gasteiger partial charge in [0.2, 0.25) is 5.58 Å². The van der Waals surface area contributed by atoms with Crippen molar-refractivity contribution in [2.24, 2.45) is 5.73 Å². The first-order chi connectivity index (χ1) is 12.1. The highest BCUT2D eigenvalue weighted by molar-refractivity contribution is 9.10. The molecule has 0 unspecified atom stereocenters. The van der Waals surface area contributed by atoms with Crippen LogP contribution >= 0.6 is 15.9 Å². The van der Waals surface area contributed by atoms with Crippen molar-refractivity contribution in [2.75, 3.05) is 0 Å². The lowest BCUT2D eigenvalue weighted by Gasteiger charge is -2.10. The van der Waals surface area contributed by atoms with Crippen molar-refractivity contribution in [2.45, 2.75) is 18.9 Å². The van der Waals surface area contributed by atoms with Gasteiger partial charge in [0, 0.05) is 9.86 Å². The van der Waals surface area contributed by atoms with Crippen LogP contribution in [0, 0.1) is 0 Å². The van der Waals surface area contributed by atoms with E-state index in [4.69, 9.17) is 10.2 Å². The molecule has 0 aliphatic rings. The van der Waals surface area contributed by atoms with Crippen LogP contribution in [-0.4, -0.2) is 9.97 Å². The maximum Gasteiger partial charge on any atom is 0.294 e. The summed E-state index contributed by atoms with van der Waals surface area (Å²) in [5.41, 5.74) is 8.58. The molecule has 0 spiro atoms. The second-order valence-corrected chi connectivity index (χ2v) is 6.92. The normalized spacial score (nSPS) is 12.7. The van der Waals surface area contributed by atoms with Crippen LogP contribution in [0.15, 0.2) is 62.2 Å². The quantitative estimate of drug-likeness (QED) is 0.543. The molecule has 1 atom stereocenters. The molecule has 0 saturated heterocycles. The number of benzene rings is 2. The van der Waals surface area contributed by atoms with Gasteiger partial charge in [0.05, 0.1) is 6.04 Å². The molecule has 0 aliphatic heterocycles. The summed E-state index contributed by atoms with van der Waals surface area (Å²) in [6.07, 6.45) is 1.51. The Bertz CT molecular complexity index is 1100. The number of aromatic amines is 1. The van der Waals surface area contributed by atoms with E-state index in [1.807, 2.05) is 36.4 Å². The van der Waals surface area contributed by atoms with Crippen molar-refractivity contribution >= 4 is 38.0 Å². The molecule has 4 aromatic rings. The molecule has 0 bridgehead atoms. The van der Waals surface area contributed by atoms with Crippen LogP contribution in [0.25, 0.3) is 22.1 Å². The van der Waals surface area contributed by atoms with E-state index in [9.17, 15) is 4.79 Å². The van der Waals surface area contributed by atoms with E-state index in [0.717, 1.165) is 16.3 Å². The summed E-state index contributed by atoms with van der Waals surface area (Å²) in [6, 6.07) is 15.3. The van der Waals surface area contributed by atoms with Gasteiger partial charge < -0.3 is 15.1 Å². The van der Waals surface area contributed by atoms with Gasteiger partial charge in [0.15, 0.2) is 0 Å². The van der Waals surface area contributed by atoms with Crippen LogP contribution in [0.5, 0.6) is 0 Å². The van der Waals surface area contributed by atoms with Crippen LogP contribution in [-0.2, 0) is 6.42 Å². The number of aromatic nitrogens is 2. The minimum Gasteiger partial charge on any atom is -0.449 e. The van der Waals surface area contributed by atoms with Crippen LogP contribution < -0.4 is 11.3 Å². The zero-order valence-corrected chi connectivity index (χ0v) is 14.9. The number of rotatable bonds is 4. The first-order valence-corrected chi connectivity index (χ1v) is 8.82. The minimum atomic E-state index is -0.352. The lowest BCUT2D eigenvalue weighted by molar-refractivity contribution is 0.607. The molecule has 126 valence electrons. The largest absolute Gasteiger partial charge is 0.449 e. The minimum absolute atomic E-state index is 0.229. The molecule has 5 nitrogen and oxygen atoms in total. The molecule has 25 heavy (non-hydrogen) atoms. The third-order valence-electron chi connectivity index (χ3n) is 4.24. The maximum atomic E-state index is 12.4. The van der Waals surface area contributed by atoms with E-state index in [-0.39, 0.29) is 17.2 Å². The van der Waals surface area contributed by atoms with Gasteiger partial charge in [-0.15, -0.1) is 0 Å². The van der Waals surface area contributed by atoms with Crippen molar-refractivity contribution in [3.8, 4) is 0 Å². The first-order valence-electron chi connectivity index (χ1n) is 8.03. The Morgan fingerprint density at radius 1 is 1.20 bits per heavy atom.